The van der Waals surface area contributed by atoms with Crippen molar-refractivity contribution >= 4 is 27.5 Å². The second-order valence-electron chi connectivity index (χ2n) is 7.05. The zero-order valence-corrected chi connectivity index (χ0v) is 18.1. The van der Waals surface area contributed by atoms with Gasteiger partial charge < -0.3 is 14.6 Å². The van der Waals surface area contributed by atoms with Crippen molar-refractivity contribution in [2.45, 2.75) is 50.7 Å². The Bertz CT molecular complexity index is 947. The molecule has 2 heterocycles. The predicted octanol–water partition coefficient (Wildman–Crippen LogP) is 2.68. The monoisotopic (exact) mass is 441 g/mol. The van der Waals surface area contributed by atoms with Crippen molar-refractivity contribution in [3.8, 4) is 5.75 Å². The van der Waals surface area contributed by atoms with Crippen molar-refractivity contribution in [1.29, 1.82) is 0 Å². The lowest BCUT2D eigenvalue weighted by atomic mass is 10.1. The summed E-state index contributed by atoms with van der Waals surface area (Å²) in [5, 5.41) is 7.26. The van der Waals surface area contributed by atoms with Crippen LogP contribution in [0.15, 0.2) is 33.7 Å². The molecule has 1 aromatic heterocycles. The SMILES string of the molecule is Cc1noc(C)c1S(=O)(=O)N1CCC(NC(=O)C(C)Oc2ccc(Cl)cc2)CC1. The average molecular weight is 442 g/mol. The molecule has 0 radical (unpaired) electrons. The van der Waals surface area contributed by atoms with Crippen LogP contribution in [0.5, 0.6) is 5.75 Å². The first-order valence-corrected chi connectivity index (χ1v) is 11.2. The van der Waals surface area contributed by atoms with Crippen molar-refractivity contribution in [3.63, 3.8) is 0 Å². The Hall–Kier alpha value is -2.10. The molecular weight excluding hydrogens is 418 g/mol. The number of aromatic nitrogens is 1. The maximum atomic E-state index is 12.9. The van der Waals surface area contributed by atoms with Crippen LogP contribution in [-0.2, 0) is 14.8 Å². The van der Waals surface area contributed by atoms with E-state index in [1.165, 1.54) is 4.31 Å². The molecule has 1 fully saturated rings. The van der Waals surface area contributed by atoms with E-state index in [1.54, 1.807) is 45.0 Å². The highest BCUT2D eigenvalue weighted by atomic mass is 35.5. The van der Waals surface area contributed by atoms with Crippen molar-refractivity contribution < 1.29 is 22.5 Å². The number of amides is 1. The molecule has 2 aromatic rings. The summed E-state index contributed by atoms with van der Waals surface area (Å²) in [7, 11) is -3.66. The number of rotatable bonds is 6. The predicted molar refractivity (Wildman–Crippen MR) is 107 cm³/mol. The molecule has 0 bridgehead atoms. The van der Waals surface area contributed by atoms with Gasteiger partial charge >= 0.3 is 0 Å². The van der Waals surface area contributed by atoms with Gasteiger partial charge in [0.1, 0.15) is 16.3 Å². The van der Waals surface area contributed by atoms with E-state index in [4.69, 9.17) is 20.9 Å². The first-order chi connectivity index (χ1) is 13.7. The highest BCUT2D eigenvalue weighted by Crippen LogP contribution is 2.26. The maximum Gasteiger partial charge on any atom is 0.260 e. The molecule has 29 heavy (non-hydrogen) atoms. The Labute approximate surface area is 175 Å². The number of carbonyl (C=O) groups excluding carboxylic acids is 1. The Morgan fingerprint density at radius 2 is 1.90 bits per heavy atom. The summed E-state index contributed by atoms with van der Waals surface area (Å²) in [4.78, 5) is 12.6. The molecule has 1 aromatic carbocycles. The van der Waals surface area contributed by atoms with Crippen LogP contribution in [0.1, 0.15) is 31.2 Å². The summed E-state index contributed by atoms with van der Waals surface area (Å²) in [6.07, 6.45) is 0.351. The third kappa shape index (κ3) is 4.91. The van der Waals surface area contributed by atoms with E-state index in [0.717, 1.165) is 0 Å². The van der Waals surface area contributed by atoms with Gasteiger partial charge in [0.2, 0.25) is 10.0 Å². The van der Waals surface area contributed by atoms with Gasteiger partial charge in [-0.3, -0.25) is 4.79 Å². The third-order valence-corrected chi connectivity index (χ3v) is 7.26. The fraction of sp³-hybridized carbons (Fsp3) is 0.474. The molecule has 1 aliphatic heterocycles. The number of aryl methyl sites for hydroxylation is 2. The van der Waals surface area contributed by atoms with E-state index in [1.807, 2.05) is 0 Å². The summed E-state index contributed by atoms with van der Waals surface area (Å²) in [5.41, 5.74) is 0.353. The average Bonchev–Trinajstić information content (AvgIpc) is 3.03. The lowest BCUT2D eigenvalue weighted by Gasteiger charge is -2.32. The highest BCUT2D eigenvalue weighted by Gasteiger charge is 2.34. The Morgan fingerprint density at radius 1 is 1.28 bits per heavy atom. The van der Waals surface area contributed by atoms with Crippen molar-refractivity contribution in [1.82, 2.24) is 14.8 Å². The summed E-state index contributed by atoms with van der Waals surface area (Å²) >= 11 is 5.84. The van der Waals surface area contributed by atoms with Gasteiger partial charge in [0, 0.05) is 24.2 Å². The molecule has 1 unspecified atom stereocenters. The fourth-order valence-electron chi connectivity index (χ4n) is 3.30. The quantitative estimate of drug-likeness (QED) is 0.739. The molecule has 158 valence electrons. The van der Waals surface area contributed by atoms with Gasteiger partial charge in [-0.1, -0.05) is 16.8 Å². The zero-order chi connectivity index (χ0) is 21.2. The topological polar surface area (TPSA) is 102 Å². The van der Waals surface area contributed by atoms with Crippen LogP contribution in [0.25, 0.3) is 0 Å². The van der Waals surface area contributed by atoms with Gasteiger partial charge in [-0.25, -0.2) is 8.42 Å². The number of halogens is 1. The fourth-order valence-corrected chi connectivity index (χ4v) is 5.19. The van der Waals surface area contributed by atoms with E-state index in [-0.39, 0.29) is 22.6 Å². The van der Waals surface area contributed by atoms with Crippen molar-refractivity contribution in [2.75, 3.05) is 13.1 Å². The Kier molecular flexibility index (Phi) is 6.50. The van der Waals surface area contributed by atoms with Gasteiger partial charge in [0.05, 0.1) is 0 Å². The number of nitrogens with one attached hydrogen (secondary N) is 1. The molecule has 0 saturated carbocycles. The first-order valence-electron chi connectivity index (χ1n) is 9.34. The largest absolute Gasteiger partial charge is 0.481 e. The summed E-state index contributed by atoms with van der Waals surface area (Å²) in [6.45, 7) is 5.48. The smallest absolute Gasteiger partial charge is 0.260 e. The van der Waals surface area contributed by atoms with E-state index < -0.39 is 16.1 Å². The summed E-state index contributed by atoms with van der Waals surface area (Å²) < 4.78 is 37.8. The van der Waals surface area contributed by atoms with Crippen molar-refractivity contribution in [2.24, 2.45) is 0 Å². The standard InChI is InChI=1S/C19H24ClN3O5S/c1-12-18(13(2)28-22-12)29(25,26)23-10-8-16(9-11-23)21-19(24)14(3)27-17-6-4-15(20)5-7-17/h4-7,14,16H,8-11H2,1-3H3,(H,21,24). The number of carbonyl (C=O) groups is 1. The van der Waals surface area contributed by atoms with Crippen LogP contribution in [0, 0.1) is 13.8 Å². The number of ether oxygens (including phenoxy) is 1. The molecule has 1 saturated heterocycles. The molecule has 0 aliphatic carbocycles. The lowest BCUT2D eigenvalue weighted by molar-refractivity contribution is -0.128. The van der Waals surface area contributed by atoms with Crippen LogP contribution < -0.4 is 10.1 Å². The van der Waals surface area contributed by atoms with E-state index in [2.05, 4.69) is 10.5 Å². The third-order valence-electron chi connectivity index (χ3n) is 4.86. The minimum atomic E-state index is -3.66. The number of hydrogen-bond donors (Lipinski definition) is 1. The van der Waals surface area contributed by atoms with Crippen LogP contribution in [0.2, 0.25) is 5.02 Å². The Morgan fingerprint density at radius 3 is 2.45 bits per heavy atom. The molecule has 10 heteroatoms. The second kappa shape index (κ2) is 8.73. The van der Waals surface area contributed by atoms with Crippen LogP contribution in [0.3, 0.4) is 0 Å². The van der Waals surface area contributed by atoms with Crippen molar-refractivity contribution in [3.05, 3.63) is 40.7 Å². The lowest BCUT2D eigenvalue weighted by Crippen LogP contribution is -2.49. The minimum absolute atomic E-state index is 0.116. The normalized spacial score (nSPS) is 17.1. The minimum Gasteiger partial charge on any atom is -0.481 e. The van der Waals surface area contributed by atoms with Gasteiger partial charge in [-0.15, -0.1) is 0 Å². The maximum absolute atomic E-state index is 12.9. The summed E-state index contributed by atoms with van der Waals surface area (Å²) in [5.74, 6) is 0.593. The number of sulfonamides is 1. The van der Waals surface area contributed by atoms with Gasteiger partial charge in [0.15, 0.2) is 11.9 Å². The number of piperidine rings is 1. The number of nitrogens with zero attached hydrogens (tertiary/aromatic N) is 2. The number of benzene rings is 1. The van der Waals surface area contributed by atoms with Gasteiger partial charge in [-0.2, -0.15) is 4.31 Å². The van der Waals surface area contributed by atoms with Crippen LogP contribution in [0.4, 0.5) is 0 Å². The molecule has 3 rings (SSSR count). The molecule has 1 amide bonds. The Balaban J connectivity index is 1.54. The highest BCUT2D eigenvalue weighted by molar-refractivity contribution is 7.89. The zero-order valence-electron chi connectivity index (χ0n) is 16.5. The molecule has 0 spiro atoms. The second-order valence-corrected chi connectivity index (χ2v) is 9.37. The molecule has 1 aliphatic rings. The van der Waals surface area contributed by atoms with Gasteiger partial charge in [0.25, 0.3) is 5.91 Å². The first kappa shape index (κ1) is 21.6. The molecule has 1 atom stereocenters. The number of hydrogen-bond acceptors (Lipinski definition) is 6. The molecular formula is C19H24ClN3O5S. The molecule has 8 nitrogen and oxygen atoms in total. The van der Waals surface area contributed by atoms with E-state index >= 15 is 0 Å². The van der Waals surface area contributed by atoms with E-state index in [0.29, 0.717) is 42.4 Å². The molecule has 1 N–H and O–H groups in total. The van der Waals surface area contributed by atoms with Gasteiger partial charge in [-0.05, 0) is 57.9 Å². The van der Waals surface area contributed by atoms with Crippen LogP contribution >= 0.6 is 11.6 Å². The van der Waals surface area contributed by atoms with Crippen LogP contribution in [-0.4, -0.2) is 49.0 Å². The summed E-state index contributed by atoms with van der Waals surface area (Å²) in [6, 6.07) is 6.66. The van der Waals surface area contributed by atoms with E-state index in [9.17, 15) is 13.2 Å².